The molecule has 0 spiro atoms. The number of carbonyl (C=O) groups excluding carboxylic acids is 1. The Bertz CT molecular complexity index is 1210. The van der Waals surface area contributed by atoms with E-state index in [2.05, 4.69) is 20.3 Å². The predicted octanol–water partition coefficient (Wildman–Crippen LogP) is 3.38. The van der Waals surface area contributed by atoms with E-state index in [9.17, 15) is 9.59 Å². The Morgan fingerprint density at radius 2 is 1.96 bits per heavy atom. The average molecular weight is 374 g/mol. The summed E-state index contributed by atoms with van der Waals surface area (Å²) in [6.07, 6.45) is 1.62. The number of hydrogen-bond acceptors (Lipinski definition) is 5. The van der Waals surface area contributed by atoms with Crippen molar-refractivity contribution in [3.63, 3.8) is 0 Å². The van der Waals surface area contributed by atoms with Crippen LogP contribution < -0.4 is 10.9 Å². The fraction of sp³-hybridized carbons (Fsp3) is 0.143. The lowest BCUT2D eigenvalue weighted by atomic mass is 10.1. The monoisotopic (exact) mass is 374 g/mol. The summed E-state index contributed by atoms with van der Waals surface area (Å²) in [6.45, 7) is 3.61. The van der Waals surface area contributed by atoms with E-state index >= 15 is 0 Å². The van der Waals surface area contributed by atoms with Crippen molar-refractivity contribution in [2.24, 2.45) is 0 Å². The van der Waals surface area contributed by atoms with E-state index in [0.29, 0.717) is 22.8 Å². The number of nitrogens with zero attached hydrogens (tertiary/aromatic N) is 2. The normalized spacial score (nSPS) is 12.1. The van der Waals surface area contributed by atoms with Gasteiger partial charge < -0.3 is 14.7 Å². The van der Waals surface area contributed by atoms with E-state index in [1.165, 1.54) is 6.07 Å². The Balaban J connectivity index is 1.62. The van der Waals surface area contributed by atoms with E-state index in [0.717, 1.165) is 10.9 Å². The van der Waals surface area contributed by atoms with Crippen molar-refractivity contribution < 1.29 is 9.21 Å². The summed E-state index contributed by atoms with van der Waals surface area (Å²) in [6, 6.07) is 13.7. The van der Waals surface area contributed by atoms with Gasteiger partial charge in [-0.25, -0.2) is 4.98 Å². The van der Waals surface area contributed by atoms with Gasteiger partial charge in [0.05, 0.1) is 11.7 Å². The Morgan fingerprint density at radius 1 is 1.18 bits per heavy atom. The first-order valence-electron chi connectivity index (χ1n) is 8.84. The van der Waals surface area contributed by atoms with Gasteiger partial charge in [0.1, 0.15) is 11.3 Å². The SMILES string of the molecule is Cc1c(C(=O)N[C@@H](C)c2cc(=O)[nH]c(-c3ccccn3)n2)oc2ccccc12. The number of aryl methyl sites for hydroxylation is 1. The van der Waals surface area contributed by atoms with Gasteiger partial charge in [-0.3, -0.25) is 14.6 Å². The number of benzene rings is 1. The topological polar surface area (TPSA) is 101 Å². The molecular weight excluding hydrogens is 356 g/mol. The molecule has 4 rings (SSSR count). The molecule has 0 saturated carbocycles. The third-order valence-corrected chi connectivity index (χ3v) is 4.51. The number of carbonyl (C=O) groups is 1. The number of amides is 1. The number of fused-ring (bicyclic) bond motifs is 1. The van der Waals surface area contributed by atoms with Crippen molar-refractivity contribution >= 4 is 16.9 Å². The van der Waals surface area contributed by atoms with Crippen molar-refractivity contribution in [1.29, 1.82) is 0 Å². The first-order valence-corrected chi connectivity index (χ1v) is 8.84. The molecule has 0 bridgehead atoms. The van der Waals surface area contributed by atoms with Crippen molar-refractivity contribution in [2.75, 3.05) is 0 Å². The lowest BCUT2D eigenvalue weighted by Gasteiger charge is -2.13. The Labute approximate surface area is 160 Å². The fourth-order valence-corrected chi connectivity index (χ4v) is 3.05. The van der Waals surface area contributed by atoms with Crippen LogP contribution in [0.25, 0.3) is 22.5 Å². The van der Waals surface area contributed by atoms with Gasteiger partial charge in [-0.05, 0) is 32.0 Å². The third-order valence-electron chi connectivity index (χ3n) is 4.51. The number of hydrogen-bond donors (Lipinski definition) is 2. The second-order valence-electron chi connectivity index (χ2n) is 6.48. The third kappa shape index (κ3) is 3.29. The van der Waals surface area contributed by atoms with E-state index in [4.69, 9.17) is 4.42 Å². The summed E-state index contributed by atoms with van der Waals surface area (Å²) < 4.78 is 5.70. The number of aromatic amines is 1. The van der Waals surface area contributed by atoms with Gasteiger partial charge in [-0.15, -0.1) is 0 Å². The molecule has 4 aromatic rings. The number of H-pyrrole nitrogens is 1. The smallest absolute Gasteiger partial charge is 0.287 e. The minimum absolute atomic E-state index is 0.253. The van der Waals surface area contributed by atoms with Crippen LogP contribution in [-0.4, -0.2) is 20.9 Å². The van der Waals surface area contributed by atoms with E-state index in [-0.39, 0.29) is 17.2 Å². The summed E-state index contributed by atoms with van der Waals surface area (Å²) in [4.78, 5) is 36.1. The Morgan fingerprint density at radius 3 is 2.71 bits per heavy atom. The van der Waals surface area contributed by atoms with Crippen LogP contribution >= 0.6 is 0 Å². The van der Waals surface area contributed by atoms with E-state index in [1.54, 1.807) is 25.3 Å². The maximum atomic E-state index is 12.7. The molecule has 1 atom stereocenters. The predicted molar refractivity (Wildman–Crippen MR) is 105 cm³/mol. The summed E-state index contributed by atoms with van der Waals surface area (Å²) in [5.74, 6) is 0.245. The number of para-hydroxylation sites is 1. The van der Waals surface area contributed by atoms with Gasteiger partial charge >= 0.3 is 0 Å². The van der Waals surface area contributed by atoms with Crippen molar-refractivity contribution in [1.82, 2.24) is 20.3 Å². The first-order chi connectivity index (χ1) is 13.5. The molecule has 0 aliphatic rings. The molecule has 2 N–H and O–H groups in total. The highest BCUT2D eigenvalue weighted by Gasteiger charge is 2.20. The number of pyridine rings is 1. The first kappa shape index (κ1) is 17.7. The average Bonchev–Trinajstić information content (AvgIpc) is 3.05. The number of rotatable bonds is 4. The number of nitrogens with one attached hydrogen (secondary N) is 2. The molecule has 28 heavy (non-hydrogen) atoms. The molecular formula is C21H18N4O3. The second-order valence-corrected chi connectivity index (χ2v) is 6.48. The molecule has 0 unspecified atom stereocenters. The van der Waals surface area contributed by atoms with Gasteiger partial charge in [0, 0.05) is 23.2 Å². The van der Waals surface area contributed by atoms with E-state index < -0.39 is 6.04 Å². The molecule has 1 amide bonds. The second kappa shape index (κ2) is 7.11. The zero-order chi connectivity index (χ0) is 19.7. The summed E-state index contributed by atoms with van der Waals surface area (Å²) >= 11 is 0. The molecule has 1 aromatic carbocycles. The zero-order valence-electron chi connectivity index (χ0n) is 15.4. The van der Waals surface area contributed by atoms with Crippen LogP contribution in [0.5, 0.6) is 0 Å². The summed E-state index contributed by atoms with van der Waals surface area (Å²) in [5.41, 5.74) is 2.10. The van der Waals surface area contributed by atoms with Crippen molar-refractivity contribution in [3.8, 4) is 11.5 Å². The highest BCUT2D eigenvalue weighted by molar-refractivity contribution is 5.99. The minimum Gasteiger partial charge on any atom is -0.451 e. The maximum Gasteiger partial charge on any atom is 0.287 e. The molecule has 140 valence electrons. The fourth-order valence-electron chi connectivity index (χ4n) is 3.05. The van der Waals surface area contributed by atoms with Crippen LogP contribution in [0.4, 0.5) is 0 Å². The summed E-state index contributed by atoms with van der Waals surface area (Å²) in [5, 5.41) is 3.75. The summed E-state index contributed by atoms with van der Waals surface area (Å²) in [7, 11) is 0. The van der Waals surface area contributed by atoms with Gasteiger partial charge in [-0.1, -0.05) is 24.3 Å². The number of aromatic nitrogens is 3. The van der Waals surface area contributed by atoms with Gasteiger partial charge in [0.15, 0.2) is 11.6 Å². The highest BCUT2D eigenvalue weighted by atomic mass is 16.3. The Hall–Kier alpha value is -3.74. The van der Waals surface area contributed by atoms with Gasteiger partial charge in [0.2, 0.25) is 0 Å². The molecule has 7 nitrogen and oxygen atoms in total. The van der Waals surface area contributed by atoms with Crippen LogP contribution in [0.1, 0.15) is 34.8 Å². The standard InChI is InChI=1S/C21H18N4O3/c1-12-14-7-3-4-9-17(14)28-19(12)21(27)23-13(2)16-11-18(26)25-20(24-16)15-8-5-6-10-22-15/h3-11,13H,1-2H3,(H,23,27)(H,24,25,26)/t13-/m0/s1. The molecule has 0 fully saturated rings. The van der Waals surface area contributed by atoms with Gasteiger partial charge in [0.25, 0.3) is 11.5 Å². The van der Waals surface area contributed by atoms with Crippen LogP contribution in [0, 0.1) is 6.92 Å². The quantitative estimate of drug-likeness (QED) is 0.570. The van der Waals surface area contributed by atoms with Crippen molar-refractivity contribution in [2.45, 2.75) is 19.9 Å². The van der Waals surface area contributed by atoms with E-state index in [1.807, 2.05) is 37.3 Å². The molecule has 3 aromatic heterocycles. The molecule has 0 saturated heterocycles. The largest absolute Gasteiger partial charge is 0.451 e. The van der Waals surface area contributed by atoms with Crippen LogP contribution in [0.2, 0.25) is 0 Å². The maximum absolute atomic E-state index is 12.7. The Kier molecular flexibility index (Phi) is 4.49. The van der Waals surface area contributed by atoms with Crippen LogP contribution in [0.15, 0.2) is 63.9 Å². The lowest BCUT2D eigenvalue weighted by Crippen LogP contribution is -2.28. The lowest BCUT2D eigenvalue weighted by molar-refractivity contribution is 0.0912. The molecule has 7 heteroatoms. The zero-order valence-corrected chi connectivity index (χ0v) is 15.4. The minimum atomic E-state index is -0.495. The molecule has 0 radical (unpaired) electrons. The molecule has 0 aliphatic carbocycles. The molecule has 3 heterocycles. The highest BCUT2D eigenvalue weighted by Crippen LogP contribution is 2.25. The van der Waals surface area contributed by atoms with Crippen LogP contribution in [-0.2, 0) is 0 Å². The molecule has 0 aliphatic heterocycles. The van der Waals surface area contributed by atoms with Crippen LogP contribution in [0.3, 0.4) is 0 Å². The van der Waals surface area contributed by atoms with Crippen molar-refractivity contribution in [3.05, 3.63) is 82.1 Å². The van der Waals surface area contributed by atoms with Gasteiger partial charge in [-0.2, -0.15) is 0 Å². The number of furan rings is 1.